The van der Waals surface area contributed by atoms with Crippen molar-refractivity contribution in [2.45, 2.75) is 53.0 Å². The third kappa shape index (κ3) is 5.12. The lowest BCUT2D eigenvalue weighted by Crippen LogP contribution is -2.25. The number of hydrogen-bond acceptors (Lipinski definition) is 3. The summed E-state index contributed by atoms with van der Waals surface area (Å²) in [5.41, 5.74) is 7.77. The summed E-state index contributed by atoms with van der Waals surface area (Å²) in [4.78, 5) is 11.7. The number of esters is 1. The molecule has 0 bridgehead atoms. The van der Waals surface area contributed by atoms with Crippen LogP contribution in [0.15, 0.2) is 11.1 Å². The zero-order valence-corrected chi connectivity index (χ0v) is 12.4. The molecular weight excluding hydrogens is 270 g/mol. The van der Waals surface area contributed by atoms with E-state index >= 15 is 0 Å². The second-order valence-corrected chi connectivity index (χ2v) is 3.45. The summed E-state index contributed by atoms with van der Waals surface area (Å²) in [5, 5.41) is 0. The minimum Gasteiger partial charge on any atom is -0.463 e. The second-order valence-electron chi connectivity index (χ2n) is 3.45. The molecule has 1 atom stereocenters. The van der Waals surface area contributed by atoms with Crippen LogP contribution in [0.25, 0.3) is 0 Å². The highest BCUT2D eigenvalue weighted by molar-refractivity contribution is 8.93. The quantitative estimate of drug-likeness (QED) is 0.605. The molecule has 0 spiro atoms. The molecule has 0 fully saturated rings. The van der Waals surface area contributed by atoms with E-state index in [9.17, 15) is 4.79 Å². The van der Waals surface area contributed by atoms with Gasteiger partial charge in [-0.3, -0.25) is 0 Å². The van der Waals surface area contributed by atoms with Crippen LogP contribution in [0, 0.1) is 0 Å². The van der Waals surface area contributed by atoms with Gasteiger partial charge in [0, 0.05) is 11.6 Å². The van der Waals surface area contributed by atoms with E-state index in [4.69, 9.17) is 10.5 Å². The molecule has 96 valence electrons. The first-order valence-electron chi connectivity index (χ1n) is 5.76. The van der Waals surface area contributed by atoms with Gasteiger partial charge in [0.1, 0.15) is 0 Å². The Bertz CT molecular complexity index is 239. The summed E-state index contributed by atoms with van der Waals surface area (Å²) >= 11 is 0. The number of hydrogen-bond donors (Lipinski definition) is 1. The van der Waals surface area contributed by atoms with E-state index in [0.29, 0.717) is 13.0 Å². The average Bonchev–Trinajstić information content (AvgIpc) is 2.24. The Kier molecular flexibility index (Phi) is 11.1. The fraction of sp³-hybridized carbons (Fsp3) is 0.750. The molecule has 1 unspecified atom stereocenters. The van der Waals surface area contributed by atoms with E-state index in [1.54, 1.807) is 0 Å². The zero-order valence-electron chi connectivity index (χ0n) is 10.7. The maximum absolute atomic E-state index is 11.7. The first-order chi connectivity index (χ1) is 7.12. The van der Waals surface area contributed by atoms with Gasteiger partial charge >= 0.3 is 5.97 Å². The van der Waals surface area contributed by atoms with Crippen molar-refractivity contribution < 1.29 is 9.53 Å². The number of ether oxygens (including phenoxy) is 1. The van der Waals surface area contributed by atoms with Gasteiger partial charge in [-0.2, -0.15) is 0 Å². The smallest absolute Gasteiger partial charge is 0.333 e. The van der Waals surface area contributed by atoms with Gasteiger partial charge in [-0.15, -0.1) is 17.0 Å². The molecule has 3 nitrogen and oxygen atoms in total. The average molecular weight is 294 g/mol. The lowest BCUT2D eigenvalue weighted by Gasteiger charge is -2.17. The van der Waals surface area contributed by atoms with Crippen molar-refractivity contribution in [1.82, 2.24) is 0 Å². The van der Waals surface area contributed by atoms with Crippen LogP contribution in [0.3, 0.4) is 0 Å². The highest BCUT2D eigenvalue weighted by Crippen LogP contribution is 2.18. The molecule has 0 aromatic carbocycles. The molecule has 0 aromatic rings. The SMILES string of the molecule is Br.CCOC(=O)/C(CC)=C(\CC)C(N)CC. The molecule has 0 saturated carbocycles. The molecule has 0 rings (SSSR count). The monoisotopic (exact) mass is 293 g/mol. The summed E-state index contributed by atoms with van der Waals surface area (Å²) in [6.45, 7) is 8.25. The zero-order chi connectivity index (χ0) is 11.8. The lowest BCUT2D eigenvalue weighted by atomic mass is 9.95. The Morgan fingerprint density at radius 2 is 1.75 bits per heavy atom. The molecule has 0 heterocycles. The third-order valence-electron chi connectivity index (χ3n) is 2.53. The summed E-state index contributed by atoms with van der Waals surface area (Å²) < 4.78 is 5.02. The van der Waals surface area contributed by atoms with Crippen molar-refractivity contribution in [3.8, 4) is 0 Å². The van der Waals surface area contributed by atoms with Gasteiger partial charge in [-0.1, -0.05) is 20.8 Å². The van der Waals surface area contributed by atoms with Crippen LogP contribution in [0.2, 0.25) is 0 Å². The van der Waals surface area contributed by atoms with Crippen molar-refractivity contribution in [2.75, 3.05) is 6.61 Å². The van der Waals surface area contributed by atoms with Crippen molar-refractivity contribution in [3.63, 3.8) is 0 Å². The van der Waals surface area contributed by atoms with Crippen LogP contribution in [0.1, 0.15) is 47.0 Å². The van der Waals surface area contributed by atoms with Crippen LogP contribution in [0.4, 0.5) is 0 Å². The summed E-state index contributed by atoms with van der Waals surface area (Å²) in [6.07, 6.45) is 2.36. The molecular formula is C12H24BrNO2. The Morgan fingerprint density at radius 1 is 1.19 bits per heavy atom. The largest absolute Gasteiger partial charge is 0.463 e. The summed E-state index contributed by atoms with van der Waals surface area (Å²) in [6, 6.07) is -0.0191. The molecule has 4 heteroatoms. The predicted molar refractivity (Wildman–Crippen MR) is 72.8 cm³/mol. The highest BCUT2D eigenvalue weighted by atomic mass is 79.9. The van der Waals surface area contributed by atoms with Gasteiger partial charge in [0.05, 0.1) is 6.61 Å². The van der Waals surface area contributed by atoms with Crippen LogP contribution >= 0.6 is 17.0 Å². The van der Waals surface area contributed by atoms with E-state index < -0.39 is 0 Å². The van der Waals surface area contributed by atoms with Crippen molar-refractivity contribution in [1.29, 1.82) is 0 Å². The number of carbonyl (C=O) groups excluding carboxylic acids is 1. The third-order valence-corrected chi connectivity index (χ3v) is 2.53. The second kappa shape index (κ2) is 9.85. The molecule has 0 aliphatic rings. The number of rotatable bonds is 6. The van der Waals surface area contributed by atoms with Crippen LogP contribution in [0.5, 0.6) is 0 Å². The molecule has 2 N–H and O–H groups in total. The predicted octanol–water partition coefficient (Wildman–Crippen LogP) is 2.98. The van der Waals surface area contributed by atoms with Crippen molar-refractivity contribution >= 4 is 23.0 Å². The normalized spacial score (nSPS) is 13.6. The van der Waals surface area contributed by atoms with Crippen LogP contribution < -0.4 is 5.73 Å². The number of carbonyl (C=O) groups is 1. The fourth-order valence-corrected chi connectivity index (χ4v) is 1.67. The van der Waals surface area contributed by atoms with Crippen LogP contribution in [-0.4, -0.2) is 18.6 Å². The molecule has 0 aliphatic heterocycles. The Balaban J connectivity index is 0. The van der Waals surface area contributed by atoms with Gasteiger partial charge < -0.3 is 10.5 Å². The molecule has 0 aliphatic carbocycles. The van der Waals surface area contributed by atoms with Gasteiger partial charge in [0.15, 0.2) is 0 Å². The first kappa shape index (κ1) is 18.0. The standard InChI is InChI=1S/C12H23NO2.BrH/c1-5-9(11(13)7-3)10(6-2)12(14)15-8-4;/h11H,5-8,13H2,1-4H3;1H/b10-9+;. The fourth-order valence-electron chi connectivity index (χ4n) is 1.67. The van der Waals surface area contributed by atoms with Gasteiger partial charge in [0.25, 0.3) is 0 Å². The maximum atomic E-state index is 11.7. The van der Waals surface area contributed by atoms with E-state index in [1.165, 1.54) is 0 Å². The number of halogens is 1. The summed E-state index contributed by atoms with van der Waals surface area (Å²) in [5.74, 6) is -0.208. The van der Waals surface area contributed by atoms with Gasteiger partial charge in [-0.05, 0) is 31.8 Å². The molecule has 0 aromatic heterocycles. The van der Waals surface area contributed by atoms with Gasteiger partial charge in [0.2, 0.25) is 0 Å². The lowest BCUT2D eigenvalue weighted by molar-refractivity contribution is -0.138. The van der Waals surface area contributed by atoms with Crippen LogP contribution in [-0.2, 0) is 9.53 Å². The topological polar surface area (TPSA) is 52.3 Å². The maximum Gasteiger partial charge on any atom is 0.333 e. The molecule has 0 saturated heterocycles. The Morgan fingerprint density at radius 3 is 2.06 bits per heavy atom. The Labute approximate surface area is 109 Å². The highest BCUT2D eigenvalue weighted by Gasteiger charge is 2.17. The molecule has 16 heavy (non-hydrogen) atoms. The van der Waals surface area contributed by atoms with Crippen molar-refractivity contribution in [3.05, 3.63) is 11.1 Å². The van der Waals surface area contributed by atoms with Gasteiger partial charge in [-0.25, -0.2) is 4.79 Å². The first-order valence-corrected chi connectivity index (χ1v) is 5.76. The molecule has 0 radical (unpaired) electrons. The van der Waals surface area contributed by atoms with E-state index in [0.717, 1.165) is 24.0 Å². The minimum absolute atomic E-state index is 0. The molecule has 0 amide bonds. The minimum atomic E-state index is -0.208. The van der Waals surface area contributed by atoms with Crippen molar-refractivity contribution in [2.24, 2.45) is 5.73 Å². The van der Waals surface area contributed by atoms with E-state index in [1.807, 2.05) is 27.7 Å². The van der Waals surface area contributed by atoms with E-state index in [-0.39, 0.29) is 29.0 Å². The number of nitrogens with two attached hydrogens (primary N) is 1. The Hall–Kier alpha value is -0.350. The van der Waals surface area contributed by atoms with E-state index in [2.05, 4.69) is 0 Å². The summed E-state index contributed by atoms with van der Waals surface area (Å²) in [7, 11) is 0.